The Labute approximate surface area is 101 Å². The molecular weight excluding hydrogens is 222 g/mol. The third-order valence-electron chi connectivity index (χ3n) is 2.58. The maximum Gasteiger partial charge on any atom is 0.330 e. The van der Waals surface area contributed by atoms with Crippen molar-refractivity contribution in [1.29, 1.82) is 0 Å². The molecule has 0 spiro atoms. The van der Waals surface area contributed by atoms with E-state index >= 15 is 0 Å². The van der Waals surface area contributed by atoms with Gasteiger partial charge in [0.15, 0.2) is 0 Å². The molecule has 6 heteroatoms. The average molecular weight is 241 g/mol. The quantitative estimate of drug-likeness (QED) is 0.416. The number of ether oxygens (including phenoxy) is 1. The SMILES string of the molecule is C=CC(=O)OCCNC(=O)N1CCN(C)CC1. The van der Waals surface area contributed by atoms with Crippen LogP contribution in [0, 0.1) is 0 Å². The Kier molecular flexibility index (Phi) is 5.48. The van der Waals surface area contributed by atoms with Crippen LogP contribution in [0.1, 0.15) is 0 Å². The first-order chi connectivity index (χ1) is 8.13. The van der Waals surface area contributed by atoms with Crippen LogP contribution in [-0.2, 0) is 9.53 Å². The number of carbonyl (C=O) groups excluding carboxylic acids is 2. The molecule has 0 unspecified atom stereocenters. The van der Waals surface area contributed by atoms with E-state index in [1.807, 2.05) is 7.05 Å². The van der Waals surface area contributed by atoms with Gasteiger partial charge in [-0.3, -0.25) is 0 Å². The highest BCUT2D eigenvalue weighted by atomic mass is 16.5. The highest BCUT2D eigenvalue weighted by Gasteiger charge is 2.18. The van der Waals surface area contributed by atoms with Gasteiger partial charge in [0.05, 0.1) is 6.54 Å². The number of carbonyl (C=O) groups is 2. The molecule has 1 rings (SSSR count). The van der Waals surface area contributed by atoms with Crippen LogP contribution in [-0.4, -0.2) is 68.2 Å². The fourth-order valence-corrected chi connectivity index (χ4v) is 1.49. The number of piperazine rings is 1. The minimum Gasteiger partial charge on any atom is -0.461 e. The summed E-state index contributed by atoms with van der Waals surface area (Å²) in [7, 11) is 2.03. The van der Waals surface area contributed by atoms with Crippen LogP contribution in [0.25, 0.3) is 0 Å². The predicted molar refractivity (Wildman–Crippen MR) is 63.6 cm³/mol. The zero-order valence-electron chi connectivity index (χ0n) is 10.1. The average Bonchev–Trinajstić information content (AvgIpc) is 2.34. The third-order valence-corrected chi connectivity index (χ3v) is 2.58. The molecular formula is C11H19N3O3. The summed E-state index contributed by atoms with van der Waals surface area (Å²) in [6.07, 6.45) is 1.10. The monoisotopic (exact) mass is 241 g/mol. The van der Waals surface area contributed by atoms with E-state index < -0.39 is 5.97 Å². The highest BCUT2D eigenvalue weighted by molar-refractivity contribution is 5.81. The van der Waals surface area contributed by atoms with Gasteiger partial charge in [-0.15, -0.1) is 0 Å². The van der Waals surface area contributed by atoms with Crippen LogP contribution in [0.3, 0.4) is 0 Å². The maximum absolute atomic E-state index is 11.7. The molecule has 0 radical (unpaired) electrons. The van der Waals surface area contributed by atoms with Crippen LogP contribution in [0.4, 0.5) is 4.79 Å². The second-order valence-corrected chi connectivity index (χ2v) is 3.89. The zero-order valence-corrected chi connectivity index (χ0v) is 10.1. The van der Waals surface area contributed by atoms with Crippen molar-refractivity contribution < 1.29 is 14.3 Å². The van der Waals surface area contributed by atoms with Gasteiger partial charge in [-0.1, -0.05) is 6.58 Å². The topological polar surface area (TPSA) is 61.9 Å². The van der Waals surface area contributed by atoms with E-state index in [2.05, 4.69) is 16.8 Å². The van der Waals surface area contributed by atoms with Gasteiger partial charge in [-0.05, 0) is 7.05 Å². The molecule has 17 heavy (non-hydrogen) atoms. The molecule has 0 aliphatic carbocycles. The summed E-state index contributed by atoms with van der Waals surface area (Å²) in [5, 5.41) is 2.70. The summed E-state index contributed by atoms with van der Waals surface area (Å²) < 4.78 is 4.75. The summed E-state index contributed by atoms with van der Waals surface area (Å²) >= 11 is 0. The molecule has 0 saturated carbocycles. The minimum absolute atomic E-state index is 0.104. The van der Waals surface area contributed by atoms with E-state index in [-0.39, 0.29) is 12.6 Å². The molecule has 2 amide bonds. The number of amides is 2. The molecule has 1 N–H and O–H groups in total. The number of likely N-dealkylation sites (N-methyl/N-ethyl adjacent to an activating group) is 1. The van der Waals surface area contributed by atoms with Crippen molar-refractivity contribution in [1.82, 2.24) is 15.1 Å². The number of urea groups is 1. The molecule has 0 aromatic rings. The molecule has 1 aliphatic heterocycles. The summed E-state index contributed by atoms with van der Waals surface area (Å²) in [5.74, 6) is -0.473. The molecule has 0 aromatic carbocycles. The van der Waals surface area contributed by atoms with Crippen molar-refractivity contribution in [3.63, 3.8) is 0 Å². The van der Waals surface area contributed by atoms with E-state index in [9.17, 15) is 9.59 Å². The molecule has 96 valence electrons. The van der Waals surface area contributed by atoms with Crippen molar-refractivity contribution in [2.24, 2.45) is 0 Å². The molecule has 1 saturated heterocycles. The largest absolute Gasteiger partial charge is 0.461 e. The molecule has 0 bridgehead atoms. The number of nitrogens with one attached hydrogen (secondary N) is 1. The Balaban J connectivity index is 2.12. The summed E-state index contributed by atoms with van der Waals surface area (Å²) in [5.41, 5.74) is 0. The third kappa shape index (κ3) is 4.86. The van der Waals surface area contributed by atoms with Crippen LogP contribution in [0.15, 0.2) is 12.7 Å². The molecule has 0 atom stereocenters. The van der Waals surface area contributed by atoms with Crippen molar-refractivity contribution in [3.05, 3.63) is 12.7 Å². The Morgan fingerprint density at radius 1 is 1.35 bits per heavy atom. The van der Waals surface area contributed by atoms with Crippen molar-refractivity contribution in [2.75, 3.05) is 46.4 Å². The van der Waals surface area contributed by atoms with Crippen LogP contribution in [0.5, 0.6) is 0 Å². The fourth-order valence-electron chi connectivity index (χ4n) is 1.49. The summed E-state index contributed by atoms with van der Waals surface area (Å²) in [6.45, 7) is 7.01. The van der Waals surface area contributed by atoms with Gasteiger partial charge < -0.3 is 19.9 Å². The number of hydrogen-bond donors (Lipinski definition) is 1. The zero-order chi connectivity index (χ0) is 12.7. The number of hydrogen-bond acceptors (Lipinski definition) is 4. The lowest BCUT2D eigenvalue weighted by Crippen LogP contribution is -2.51. The number of esters is 1. The lowest BCUT2D eigenvalue weighted by atomic mass is 10.3. The lowest BCUT2D eigenvalue weighted by Gasteiger charge is -2.32. The van der Waals surface area contributed by atoms with Crippen LogP contribution < -0.4 is 5.32 Å². The summed E-state index contributed by atoms with van der Waals surface area (Å²) in [4.78, 5) is 26.3. The van der Waals surface area contributed by atoms with E-state index in [1.165, 1.54) is 0 Å². The normalized spacial score (nSPS) is 16.4. The molecule has 6 nitrogen and oxygen atoms in total. The number of rotatable bonds is 4. The Morgan fingerprint density at radius 2 is 2.00 bits per heavy atom. The van der Waals surface area contributed by atoms with Crippen LogP contribution >= 0.6 is 0 Å². The maximum atomic E-state index is 11.7. The van der Waals surface area contributed by atoms with E-state index in [1.54, 1.807) is 4.90 Å². The molecule has 1 fully saturated rings. The Morgan fingerprint density at radius 3 is 2.59 bits per heavy atom. The first-order valence-electron chi connectivity index (χ1n) is 5.64. The smallest absolute Gasteiger partial charge is 0.330 e. The second kappa shape index (κ2) is 6.90. The molecule has 1 aliphatic rings. The van der Waals surface area contributed by atoms with E-state index in [0.717, 1.165) is 32.3 Å². The van der Waals surface area contributed by atoms with Crippen molar-refractivity contribution in [2.45, 2.75) is 0 Å². The minimum atomic E-state index is -0.473. The van der Waals surface area contributed by atoms with Gasteiger partial charge in [-0.2, -0.15) is 0 Å². The second-order valence-electron chi connectivity index (χ2n) is 3.89. The fraction of sp³-hybridized carbons (Fsp3) is 0.636. The summed E-state index contributed by atoms with van der Waals surface area (Å²) in [6, 6.07) is -0.104. The van der Waals surface area contributed by atoms with Gasteiger partial charge in [0.1, 0.15) is 6.61 Å². The van der Waals surface area contributed by atoms with Crippen molar-refractivity contribution >= 4 is 12.0 Å². The highest BCUT2D eigenvalue weighted by Crippen LogP contribution is 1.98. The van der Waals surface area contributed by atoms with E-state index in [4.69, 9.17) is 4.74 Å². The van der Waals surface area contributed by atoms with E-state index in [0.29, 0.717) is 6.54 Å². The van der Waals surface area contributed by atoms with Gasteiger partial charge in [0.25, 0.3) is 0 Å². The van der Waals surface area contributed by atoms with Gasteiger partial charge >= 0.3 is 12.0 Å². The van der Waals surface area contributed by atoms with Crippen molar-refractivity contribution in [3.8, 4) is 0 Å². The Hall–Kier alpha value is -1.56. The van der Waals surface area contributed by atoms with Gasteiger partial charge in [-0.25, -0.2) is 9.59 Å². The standard InChI is InChI=1S/C11H19N3O3/c1-3-10(15)17-9-4-12-11(16)14-7-5-13(2)6-8-14/h3H,1,4-9H2,2H3,(H,12,16). The first-order valence-corrected chi connectivity index (χ1v) is 5.64. The van der Waals surface area contributed by atoms with Gasteiger partial charge in [0.2, 0.25) is 0 Å². The van der Waals surface area contributed by atoms with Gasteiger partial charge in [0, 0.05) is 32.3 Å². The predicted octanol–water partition coefficient (Wildman–Crippen LogP) is -0.327. The Bertz CT molecular complexity index is 286. The molecule has 1 heterocycles. The van der Waals surface area contributed by atoms with Crippen LogP contribution in [0.2, 0.25) is 0 Å². The number of nitrogens with zero attached hydrogens (tertiary/aromatic N) is 2. The lowest BCUT2D eigenvalue weighted by molar-refractivity contribution is -0.137. The molecule has 0 aromatic heterocycles. The first kappa shape index (κ1) is 13.5.